The van der Waals surface area contributed by atoms with E-state index < -0.39 is 0 Å². The van der Waals surface area contributed by atoms with Crippen LogP contribution in [0.5, 0.6) is 0 Å². The lowest BCUT2D eigenvalue weighted by molar-refractivity contribution is 0.165. The molecule has 2 rings (SSSR count). The molecule has 1 N–H and O–H groups in total. The van der Waals surface area contributed by atoms with Gasteiger partial charge in [-0.25, -0.2) is 0 Å². The van der Waals surface area contributed by atoms with Crippen molar-refractivity contribution in [2.45, 2.75) is 45.4 Å². The molecule has 1 saturated heterocycles. The van der Waals surface area contributed by atoms with Crippen LogP contribution in [0.4, 0.5) is 0 Å². The molecule has 0 radical (unpaired) electrons. The maximum absolute atomic E-state index is 3.51. The van der Waals surface area contributed by atoms with Gasteiger partial charge in [0.25, 0.3) is 0 Å². The van der Waals surface area contributed by atoms with Crippen LogP contribution in [0.1, 0.15) is 45.4 Å². The summed E-state index contributed by atoms with van der Waals surface area (Å²) in [6.07, 6.45) is 8.89. The summed E-state index contributed by atoms with van der Waals surface area (Å²) in [6.45, 7) is 4.96. The van der Waals surface area contributed by atoms with E-state index in [0.717, 1.165) is 17.8 Å². The molecule has 76 valence electrons. The van der Waals surface area contributed by atoms with E-state index in [4.69, 9.17) is 0 Å². The van der Waals surface area contributed by atoms with Gasteiger partial charge in [0.1, 0.15) is 0 Å². The Morgan fingerprint density at radius 3 is 2.69 bits per heavy atom. The fourth-order valence-electron chi connectivity index (χ4n) is 3.41. The zero-order valence-corrected chi connectivity index (χ0v) is 8.89. The van der Waals surface area contributed by atoms with Gasteiger partial charge in [-0.2, -0.15) is 0 Å². The van der Waals surface area contributed by atoms with Gasteiger partial charge in [-0.3, -0.25) is 0 Å². The lowest BCUT2D eigenvalue weighted by atomic mass is 9.71. The van der Waals surface area contributed by atoms with Gasteiger partial charge in [-0.15, -0.1) is 0 Å². The molecule has 0 bridgehead atoms. The Bertz CT molecular complexity index is 147. The first kappa shape index (κ1) is 9.51. The van der Waals surface area contributed by atoms with Crippen molar-refractivity contribution in [3.05, 3.63) is 0 Å². The minimum absolute atomic E-state index is 1.02. The van der Waals surface area contributed by atoms with Gasteiger partial charge in [0.15, 0.2) is 0 Å². The molecule has 0 aromatic rings. The zero-order valence-electron chi connectivity index (χ0n) is 8.89. The Hall–Kier alpha value is -0.0400. The number of rotatable bonds is 2. The highest BCUT2D eigenvalue weighted by molar-refractivity contribution is 4.84. The zero-order chi connectivity index (χ0) is 9.10. The molecule has 1 aliphatic carbocycles. The molecule has 1 saturated carbocycles. The monoisotopic (exact) mass is 181 g/mol. The van der Waals surface area contributed by atoms with Crippen molar-refractivity contribution in [3.8, 4) is 0 Å². The molecule has 0 aromatic heterocycles. The number of hydrogen-bond donors (Lipinski definition) is 1. The van der Waals surface area contributed by atoms with Gasteiger partial charge < -0.3 is 5.32 Å². The van der Waals surface area contributed by atoms with Gasteiger partial charge in [-0.1, -0.05) is 32.6 Å². The first-order chi connectivity index (χ1) is 6.42. The molecule has 3 atom stereocenters. The van der Waals surface area contributed by atoms with Crippen molar-refractivity contribution in [1.29, 1.82) is 0 Å². The third-order valence-electron chi connectivity index (χ3n) is 4.20. The second kappa shape index (κ2) is 4.45. The molecule has 0 aromatic carbocycles. The SMILES string of the molecule is CCC1CCCCC1C1CCNC1. The van der Waals surface area contributed by atoms with Crippen molar-refractivity contribution in [2.75, 3.05) is 13.1 Å². The lowest BCUT2D eigenvalue weighted by Gasteiger charge is -2.34. The largest absolute Gasteiger partial charge is 0.316 e. The lowest BCUT2D eigenvalue weighted by Crippen LogP contribution is -2.28. The summed E-state index contributed by atoms with van der Waals surface area (Å²) in [5.74, 6) is 3.14. The van der Waals surface area contributed by atoms with Gasteiger partial charge in [0, 0.05) is 0 Å². The van der Waals surface area contributed by atoms with Crippen molar-refractivity contribution >= 4 is 0 Å². The van der Waals surface area contributed by atoms with Crippen LogP contribution in [0.15, 0.2) is 0 Å². The second-order valence-corrected chi connectivity index (χ2v) is 4.87. The van der Waals surface area contributed by atoms with E-state index in [1.807, 2.05) is 0 Å². The van der Waals surface area contributed by atoms with Gasteiger partial charge in [0.05, 0.1) is 0 Å². The summed E-state index contributed by atoms with van der Waals surface area (Å²) >= 11 is 0. The molecule has 1 nitrogen and oxygen atoms in total. The molecule has 0 amide bonds. The topological polar surface area (TPSA) is 12.0 Å². The summed E-state index contributed by atoms with van der Waals surface area (Å²) in [6, 6.07) is 0. The van der Waals surface area contributed by atoms with E-state index in [-0.39, 0.29) is 0 Å². The highest BCUT2D eigenvalue weighted by Gasteiger charge is 2.31. The molecule has 2 fully saturated rings. The quantitative estimate of drug-likeness (QED) is 0.690. The summed E-state index contributed by atoms with van der Waals surface area (Å²) in [7, 11) is 0. The van der Waals surface area contributed by atoms with Crippen LogP contribution in [-0.2, 0) is 0 Å². The van der Waals surface area contributed by atoms with Crippen molar-refractivity contribution in [1.82, 2.24) is 5.32 Å². The Labute approximate surface area is 82.3 Å². The summed E-state index contributed by atoms with van der Waals surface area (Å²) < 4.78 is 0. The van der Waals surface area contributed by atoms with Gasteiger partial charge in [0.2, 0.25) is 0 Å². The molecule has 1 heteroatoms. The van der Waals surface area contributed by atoms with E-state index in [1.54, 1.807) is 0 Å². The Morgan fingerprint density at radius 2 is 2.00 bits per heavy atom. The van der Waals surface area contributed by atoms with Crippen LogP contribution in [0.2, 0.25) is 0 Å². The predicted octanol–water partition coefficient (Wildman–Crippen LogP) is 2.81. The highest BCUT2D eigenvalue weighted by atomic mass is 14.9. The fourth-order valence-corrected chi connectivity index (χ4v) is 3.41. The summed E-state index contributed by atoms with van der Waals surface area (Å²) in [5.41, 5.74) is 0. The second-order valence-electron chi connectivity index (χ2n) is 4.87. The first-order valence-corrected chi connectivity index (χ1v) is 6.12. The Kier molecular flexibility index (Phi) is 3.26. The predicted molar refractivity (Wildman–Crippen MR) is 56.7 cm³/mol. The third-order valence-corrected chi connectivity index (χ3v) is 4.20. The van der Waals surface area contributed by atoms with Crippen molar-refractivity contribution in [3.63, 3.8) is 0 Å². The third kappa shape index (κ3) is 2.07. The molecule has 1 aliphatic heterocycles. The van der Waals surface area contributed by atoms with E-state index in [2.05, 4.69) is 12.2 Å². The molecular weight excluding hydrogens is 158 g/mol. The normalized spacial score (nSPS) is 40.8. The van der Waals surface area contributed by atoms with E-state index >= 15 is 0 Å². The summed E-state index contributed by atoms with van der Waals surface area (Å²) in [5, 5.41) is 3.51. The molecule has 2 aliphatic rings. The maximum atomic E-state index is 3.51. The fraction of sp³-hybridized carbons (Fsp3) is 1.00. The van der Waals surface area contributed by atoms with Gasteiger partial charge in [-0.05, 0) is 43.7 Å². The van der Waals surface area contributed by atoms with Crippen molar-refractivity contribution in [2.24, 2.45) is 17.8 Å². The summed E-state index contributed by atoms with van der Waals surface area (Å²) in [4.78, 5) is 0. The molecule has 0 spiro atoms. The average molecular weight is 181 g/mol. The molecule has 3 unspecified atom stereocenters. The van der Waals surface area contributed by atoms with Gasteiger partial charge >= 0.3 is 0 Å². The Morgan fingerprint density at radius 1 is 1.15 bits per heavy atom. The minimum atomic E-state index is 1.02. The van der Waals surface area contributed by atoms with E-state index in [1.165, 1.54) is 51.6 Å². The first-order valence-electron chi connectivity index (χ1n) is 6.12. The van der Waals surface area contributed by atoms with Crippen LogP contribution in [0, 0.1) is 17.8 Å². The maximum Gasteiger partial charge on any atom is -0.00173 e. The molecule has 13 heavy (non-hydrogen) atoms. The van der Waals surface area contributed by atoms with E-state index in [0.29, 0.717) is 0 Å². The number of hydrogen-bond acceptors (Lipinski definition) is 1. The van der Waals surface area contributed by atoms with Crippen LogP contribution in [0.3, 0.4) is 0 Å². The van der Waals surface area contributed by atoms with Crippen LogP contribution >= 0.6 is 0 Å². The van der Waals surface area contributed by atoms with Crippen LogP contribution < -0.4 is 5.32 Å². The average Bonchev–Trinajstić information content (AvgIpc) is 2.70. The molecule has 1 heterocycles. The minimum Gasteiger partial charge on any atom is -0.316 e. The highest BCUT2D eigenvalue weighted by Crippen LogP contribution is 2.38. The smallest absolute Gasteiger partial charge is 0.00173 e. The van der Waals surface area contributed by atoms with Crippen LogP contribution in [-0.4, -0.2) is 13.1 Å². The molecular formula is C12H23N. The number of nitrogens with one attached hydrogen (secondary N) is 1. The van der Waals surface area contributed by atoms with Crippen LogP contribution in [0.25, 0.3) is 0 Å². The van der Waals surface area contributed by atoms with E-state index in [9.17, 15) is 0 Å². The Balaban J connectivity index is 1.93. The van der Waals surface area contributed by atoms with Crippen molar-refractivity contribution < 1.29 is 0 Å². The standard InChI is InChI=1S/C12H23N/c1-2-10-5-3-4-6-12(10)11-7-8-13-9-11/h10-13H,2-9H2,1H3.